The number of carbonyl (C=O) groups is 1. The lowest BCUT2D eigenvalue weighted by atomic mass is 10.3. The standard InChI is InChI=1S/C21H31N3O5S/c1-28-18-7-8-19(29-2)20(13-18)30(26,27)24-11-9-22(10-12-24)21(25)15-23(17-5-6-17)14-16-3-4-16/h7-8,13,16-17H,3-6,9-12,14-15H2,1-2H3. The summed E-state index contributed by atoms with van der Waals surface area (Å²) in [5, 5.41) is 0. The third-order valence-corrected chi connectivity index (χ3v) is 8.09. The Balaban J connectivity index is 1.38. The molecule has 9 heteroatoms. The van der Waals surface area contributed by atoms with Crippen LogP contribution in [-0.4, -0.2) is 88.0 Å². The van der Waals surface area contributed by atoms with Crippen molar-refractivity contribution in [1.82, 2.24) is 14.1 Å². The molecule has 0 N–H and O–H groups in total. The molecule has 0 radical (unpaired) electrons. The first-order valence-corrected chi connectivity index (χ1v) is 12.1. The average molecular weight is 438 g/mol. The van der Waals surface area contributed by atoms with Gasteiger partial charge in [-0.1, -0.05) is 0 Å². The van der Waals surface area contributed by atoms with Crippen LogP contribution in [0.1, 0.15) is 25.7 Å². The molecule has 8 nitrogen and oxygen atoms in total. The molecule has 166 valence electrons. The molecule has 1 heterocycles. The SMILES string of the molecule is COc1ccc(OC)c(S(=O)(=O)N2CCN(C(=O)CN(CC3CC3)C3CC3)CC2)c1. The number of amides is 1. The van der Waals surface area contributed by atoms with Gasteiger partial charge in [0.15, 0.2) is 0 Å². The lowest BCUT2D eigenvalue weighted by Gasteiger charge is -2.35. The fraction of sp³-hybridized carbons (Fsp3) is 0.667. The van der Waals surface area contributed by atoms with Gasteiger partial charge in [-0.15, -0.1) is 0 Å². The van der Waals surface area contributed by atoms with Crippen LogP contribution in [0.3, 0.4) is 0 Å². The second-order valence-corrected chi connectivity index (χ2v) is 10.3. The Bertz CT molecular complexity index is 875. The molecule has 0 spiro atoms. The summed E-state index contributed by atoms with van der Waals surface area (Å²) in [4.78, 5) is 17.1. The molecule has 2 aliphatic carbocycles. The van der Waals surface area contributed by atoms with Crippen molar-refractivity contribution in [2.24, 2.45) is 5.92 Å². The van der Waals surface area contributed by atoms with Crippen LogP contribution in [0.5, 0.6) is 11.5 Å². The Kier molecular flexibility index (Phi) is 6.22. The normalized spacial score (nSPS) is 20.4. The Morgan fingerprint density at radius 2 is 1.77 bits per heavy atom. The molecule has 2 saturated carbocycles. The van der Waals surface area contributed by atoms with Crippen LogP contribution in [0.2, 0.25) is 0 Å². The zero-order valence-corrected chi connectivity index (χ0v) is 18.6. The van der Waals surface area contributed by atoms with Crippen LogP contribution >= 0.6 is 0 Å². The predicted octanol–water partition coefficient (Wildman–Crippen LogP) is 1.41. The van der Waals surface area contributed by atoms with E-state index in [0.717, 1.165) is 12.5 Å². The van der Waals surface area contributed by atoms with Crippen molar-refractivity contribution < 1.29 is 22.7 Å². The molecular weight excluding hydrogens is 406 g/mol. The molecule has 1 aliphatic heterocycles. The van der Waals surface area contributed by atoms with E-state index in [1.165, 1.54) is 50.3 Å². The Hall–Kier alpha value is -1.84. The van der Waals surface area contributed by atoms with Crippen molar-refractivity contribution in [3.8, 4) is 11.5 Å². The monoisotopic (exact) mass is 437 g/mol. The summed E-state index contributed by atoms with van der Waals surface area (Å²) in [7, 11) is -0.795. The van der Waals surface area contributed by atoms with Crippen molar-refractivity contribution in [2.45, 2.75) is 36.6 Å². The lowest BCUT2D eigenvalue weighted by Crippen LogP contribution is -2.52. The second kappa shape index (κ2) is 8.72. The molecule has 1 saturated heterocycles. The summed E-state index contributed by atoms with van der Waals surface area (Å²) >= 11 is 0. The highest BCUT2D eigenvalue weighted by Gasteiger charge is 2.37. The number of sulfonamides is 1. The molecule has 1 aromatic rings. The summed E-state index contributed by atoms with van der Waals surface area (Å²) in [6.45, 7) is 2.86. The van der Waals surface area contributed by atoms with Crippen molar-refractivity contribution in [3.05, 3.63) is 18.2 Å². The van der Waals surface area contributed by atoms with Crippen molar-refractivity contribution in [1.29, 1.82) is 0 Å². The van der Waals surface area contributed by atoms with Gasteiger partial charge in [0.25, 0.3) is 0 Å². The van der Waals surface area contributed by atoms with E-state index >= 15 is 0 Å². The number of benzene rings is 1. The molecule has 0 bridgehead atoms. The average Bonchev–Trinajstić information content (AvgIpc) is 3.67. The molecule has 3 aliphatic rings. The van der Waals surface area contributed by atoms with Crippen molar-refractivity contribution in [3.63, 3.8) is 0 Å². The summed E-state index contributed by atoms with van der Waals surface area (Å²) in [5.41, 5.74) is 0. The van der Waals surface area contributed by atoms with Crippen LogP contribution in [0, 0.1) is 5.92 Å². The van der Waals surface area contributed by atoms with Gasteiger partial charge in [-0.25, -0.2) is 8.42 Å². The molecule has 0 unspecified atom stereocenters. The Labute approximate surface area is 178 Å². The molecule has 4 rings (SSSR count). The van der Waals surface area contributed by atoms with Crippen LogP contribution in [-0.2, 0) is 14.8 Å². The van der Waals surface area contributed by atoms with Gasteiger partial charge in [0.2, 0.25) is 15.9 Å². The maximum atomic E-state index is 13.2. The largest absolute Gasteiger partial charge is 0.497 e. The maximum Gasteiger partial charge on any atom is 0.247 e. The number of hydrogen-bond donors (Lipinski definition) is 0. The van der Waals surface area contributed by atoms with Gasteiger partial charge >= 0.3 is 0 Å². The van der Waals surface area contributed by atoms with E-state index in [2.05, 4.69) is 4.90 Å². The van der Waals surface area contributed by atoms with Crippen LogP contribution in [0.4, 0.5) is 0 Å². The van der Waals surface area contributed by atoms with Gasteiger partial charge in [-0.3, -0.25) is 9.69 Å². The minimum atomic E-state index is -3.74. The summed E-state index contributed by atoms with van der Waals surface area (Å²) in [6, 6.07) is 5.31. The van der Waals surface area contributed by atoms with E-state index in [1.54, 1.807) is 17.0 Å². The van der Waals surface area contributed by atoms with E-state index < -0.39 is 10.0 Å². The van der Waals surface area contributed by atoms with E-state index in [4.69, 9.17) is 9.47 Å². The van der Waals surface area contributed by atoms with E-state index in [9.17, 15) is 13.2 Å². The highest BCUT2D eigenvalue weighted by Crippen LogP contribution is 2.35. The second-order valence-electron chi connectivity index (χ2n) is 8.41. The third-order valence-electron chi connectivity index (χ3n) is 6.17. The first-order valence-electron chi connectivity index (χ1n) is 10.7. The summed E-state index contributed by atoms with van der Waals surface area (Å²) in [6.07, 6.45) is 4.94. The highest BCUT2D eigenvalue weighted by atomic mass is 32.2. The molecule has 1 amide bonds. The molecule has 0 atom stereocenters. The lowest BCUT2D eigenvalue weighted by molar-refractivity contribution is -0.133. The van der Waals surface area contributed by atoms with Crippen LogP contribution in [0.15, 0.2) is 23.1 Å². The fourth-order valence-electron chi connectivity index (χ4n) is 3.99. The topological polar surface area (TPSA) is 79.4 Å². The summed E-state index contributed by atoms with van der Waals surface area (Å²) in [5.74, 6) is 1.62. The number of carbonyl (C=O) groups excluding carboxylic acids is 1. The number of methoxy groups -OCH3 is 2. The molecule has 30 heavy (non-hydrogen) atoms. The third kappa shape index (κ3) is 4.73. The van der Waals surface area contributed by atoms with E-state index in [-0.39, 0.29) is 29.6 Å². The van der Waals surface area contributed by atoms with Crippen molar-refractivity contribution >= 4 is 15.9 Å². The van der Waals surface area contributed by atoms with Gasteiger partial charge in [-0.2, -0.15) is 4.31 Å². The van der Waals surface area contributed by atoms with E-state index in [0.29, 0.717) is 31.4 Å². The fourth-order valence-corrected chi connectivity index (χ4v) is 5.58. The van der Waals surface area contributed by atoms with Gasteiger partial charge in [-0.05, 0) is 43.7 Å². The van der Waals surface area contributed by atoms with Crippen LogP contribution < -0.4 is 9.47 Å². The number of ether oxygens (including phenoxy) is 2. The zero-order chi connectivity index (χ0) is 21.3. The Morgan fingerprint density at radius 3 is 2.33 bits per heavy atom. The number of piperazine rings is 1. The highest BCUT2D eigenvalue weighted by molar-refractivity contribution is 7.89. The van der Waals surface area contributed by atoms with Gasteiger partial charge in [0.1, 0.15) is 16.4 Å². The first-order chi connectivity index (χ1) is 14.4. The molecule has 1 aromatic carbocycles. The molecule has 0 aromatic heterocycles. The predicted molar refractivity (Wildman–Crippen MR) is 112 cm³/mol. The van der Waals surface area contributed by atoms with Gasteiger partial charge in [0, 0.05) is 44.8 Å². The van der Waals surface area contributed by atoms with E-state index in [1.807, 2.05) is 0 Å². The molecular formula is C21H31N3O5S. The smallest absolute Gasteiger partial charge is 0.247 e. The maximum absolute atomic E-state index is 13.2. The number of rotatable bonds is 9. The number of hydrogen-bond acceptors (Lipinski definition) is 6. The first kappa shape index (κ1) is 21.4. The number of nitrogens with zero attached hydrogens (tertiary/aromatic N) is 3. The minimum Gasteiger partial charge on any atom is -0.497 e. The Morgan fingerprint density at radius 1 is 1.07 bits per heavy atom. The zero-order valence-electron chi connectivity index (χ0n) is 17.7. The molecule has 3 fully saturated rings. The summed E-state index contributed by atoms with van der Waals surface area (Å²) < 4.78 is 38.3. The van der Waals surface area contributed by atoms with Gasteiger partial charge in [0.05, 0.1) is 20.8 Å². The van der Waals surface area contributed by atoms with Crippen LogP contribution in [0.25, 0.3) is 0 Å². The van der Waals surface area contributed by atoms with Gasteiger partial charge < -0.3 is 14.4 Å². The minimum absolute atomic E-state index is 0.0912. The van der Waals surface area contributed by atoms with Crippen molar-refractivity contribution in [2.75, 3.05) is 53.5 Å². The quantitative estimate of drug-likeness (QED) is 0.581.